The number of carbonyl (C=O) groups is 3. The highest BCUT2D eigenvalue weighted by molar-refractivity contribution is 9.10. The number of carboxylic acids is 1. The number of halogens is 1. The molecule has 3 aliphatic rings. The van der Waals surface area contributed by atoms with Gasteiger partial charge in [0, 0.05) is 41.4 Å². The van der Waals surface area contributed by atoms with Gasteiger partial charge in [0.15, 0.2) is 11.5 Å². The molecule has 1 fully saturated rings. The average Bonchev–Trinajstić information content (AvgIpc) is 3.61. The van der Waals surface area contributed by atoms with E-state index in [1.54, 1.807) is 4.90 Å². The quantitative estimate of drug-likeness (QED) is 0.296. The lowest BCUT2D eigenvalue weighted by Gasteiger charge is -2.43. The summed E-state index contributed by atoms with van der Waals surface area (Å²) in [7, 11) is 0. The van der Waals surface area contributed by atoms with Crippen LogP contribution in [0.1, 0.15) is 64.6 Å². The Bertz CT molecular complexity index is 1770. The second kappa shape index (κ2) is 11.7. The number of ether oxygens (including phenoxy) is 1. The van der Waals surface area contributed by atoms with Crippen molar-refractivity contribution in [1.82, 2.24) is 24.4 Å². The Kier molecular flexibility index (Phi) is 7.57. The normalized spacial score (nSPS) is 21.3. The van der Waals surface area contributed by atoms with E-state index in [9.17, 15) is 19.5 Å². The standard InChI is InChI=1S/C33H32BrN5O5/c34-25-12-13-27(44-19-29-36-35-28-11-5-6-15-39(28)29)30-24(25)14-16-38(32(41)22-9-3-4-10-23(22)33(42)43)26(30)18-37-17-20-7-1-2-8-21(20)31(37)40/h1-2,5-8,11-13,15,22-23,26H,3-4,9-10,14,16-19H2,(H,42,43)/t22-,23+,26-/m1/s1. The summed E-state index contributed by atoms with van der Waals surface area (Å²) in [5.41, 5.74) is 4.19. The van der Waals surface area contributed by atoms with Crippen molar-refractivity contribution in [2.45, 2.75) is 51.3 Å². The Morgan fingerprint density at radius 1 is 1.00 bits per heavy atom. The Hall–Kier alpha value is -4.25. The fourth-order valence-corrected chi connectivity index (χ4v) is 7.64. The molecule has 4 aromatic rings. The van der Waals surface area contributed by atoms with E-state index < -0.39 is 23.8 Å². The van der Waals surface area contributed by atoms with Crippen molar-refractivity contribution in [3.8, 4) is 5.75 Å². The third-order valence-electron chi connectivity index (χ3n) is 9.29. The van der Waals surface area contributed by atoms with Crippen LogP contribution in [0.4, 0.5) is 0 Å². The molecule has 226 valence electrons. The molecular formula is C33H32BrN5O5. The van der Waals surface area contributed by atoms with E-state index in [0.717, 1.165) is 34.0 Å². The minimum atomic E-state index is -0.922. The minimum Gasteiger partial charge on any atom is -0.485 e. The molecule has 0 radical (unpaired) electrons. The summed E-state index contributed by atoms with van der Waals surface area (Å²) in [6, 6.07) is 16.6. The molecule has 0 unspecified atom stereocenters. The van der Waals surface area contributed by atoms with Crippen molar-refractivity contribution in [2.24, 2.45) is 11.8 Å². The topological polar surface area (TPSA) is 117 Å². The molecule has 2 amide bonds. The fraction of sp³-hybridized carbons (Fsp3) is 0.364. The summed E-state index contributed by atoms with van der Waals surface area (Å²) in [5.74, 6) is -1.24. The van der Waals surface area contributed by atoms with Crippen LogP contribution in [0.15, 0.2) is 65.3 Å². The van der Waals surface area contributed by atoms with Crippen LogP contribution in [0.25, 0.3) is 5.65 Å². The molecule has 2 aliphatic heterocycles. The van der Waals surface area contributed by atoms with Crippen molar-refractivity contribution in [3.05, 3.63) is 93.3 Å². The van der Waals surface area contributed by atoms with Crippen LogP contribution in [0.2, 0.25) is 0 Å². The highest BCUT2D eigenvalue weighted by Crippen LogP contribution is 2.44. The molecule has 11 heteroatoms. The first-order valence-electron chi connectivity index (χ1n) is 15.0. The van der Waals surface area contributed by atoms with Gasteiger partial charge in [-0.25, -0.2) is 0 Å². The van der Waals surface area contributed by atoms with E-state index in [1.165, 1.54) is 0 Å². The predicted octanol–water partition coefficient (Wildman–Crippen LogP) is 5.04. The number of pyridine rings is 1. The second-order valence-electron chi connectivity index (χ2n) is 11.7. The van der Waals surface area contributed by atoms with E-state index >= 15 is 0 Å². The van der Waals surface area contributed by atoms with Crippen LogP contribution in [0.5, 0.6) is 5.75 Å². The lowest BCUT2D eigenvalue weighted by atomic mass is 9.77. The van der Waals surface area contributed by atoms with Gasteiger partial charge < -0.3 is 19.6 Å². The molecule has 2 aromatic heterocycles. The summed E-state index contributed by atoms with van der Waals surface area (Å²) >= 11 is 3.73. The van der Waals surface area contributed by atoms with Crippen LogP contribution in [0, 0.1) is 11.8 Å². The van der Waals surface area contributed by atoms with Crippen molar-refractivity contribution < 1.29 is 24.2 Å². The molecule has 1 saturated carbocycles. The molecule has 0 spiro atoms. The number of nitrogens with zero attached hydrogens (tertiary/aromatic N) is 5. The van der Waals surface area contributed by atoms with Crippen molar-refractivity contribution in [1.29, 1.82) is 0 Å². The highest BCUT2D eigenvalue weighted by Gasteiger charge is 2.44. The van der Waals surface area contributed by atoms with Gasteiger partial charge in [-0.3, -0.25) is 18.8 Å². The number of fused-ring (bicyclic) bond motifs is 3. The zero-order valence-electron chi connectivity index (χ0n) is 24.1. The first-order chi connectivity index (χ1) is 21.4. The van der Waals surface area contributed by atoms with Crippen LogP contribution in [-0.2, 0) is 29.2 Å². The van der Waals surface area contributed by atoms with Crippen LogP contribution in [0.3, 0.4) is 0 Å². The van der Waals surface area contributed by atoms with Crippen LogP contribution < -0.4 is 4.74 Å². The molecule has 2 aromatic carbocycles. The van der Waals surface area contributed by atoms with E-state index in [-0.39, 0.29) is 25.0 Å². The van der Waals surface area contributed by atoms with E-state index in [0.29, 0.717) is 55.1 Å². The van der Waals surface area contributed by atoms with Gasteiger partial charge in [-0.05, 0) is 60.7 Å². The Labute approximate surface area is 262 Å². The zero-order chi connectivity index (χ0) is 30.4. The molecule has 0 bridgehead atoms. The number of carbonyl (C=O) groups excluding carboxylic acids is 2. The minimum absolute atomic E-state index is 0.0754. The summed E-state index contributed by atoms with van der Waals surface area (Å²) in [4.78, 5) is 43.7. The summed E-state index contributed by atoms with van der Waals surface area (Å²) < 4.78 is 9.22. The first kappa shape index (κ1) is 28.5. The SMILES string of the molecule is O=C(O)[C@H]1CCCC[C@H]1C(=O)N1CCc2c(Br)ccc(OCc3nnc4ccccn34)c2[C@H]1CN1Cc2ccccc2C1=O. The number of hydrogen-bond acceptors (Lipinski definition) is 6. The summed E-state index contributed by atoms with van der Waals surface area (Å²) in [6.45, 7) is 1.28. The molecular weight excluding hydrogens is 626 g/mol. The van der Waals surface area contributed by atoms with Crippen LogP contribution >= 0.6 is 15.9 Å². The Balaban J connectivity index is 1.26. The molecule has 3 atom stereocenters. The second-order valence-corrected chi connectivity index (χ2v) is 12.6. The highest BCUT2D eigenvalue weighted by atomic mass is 79.9. The number of aromatic nitrogens is 3. The Morgan fingerprint density at radius 2 is 1.80 bits per heavy atom. The molecule has 44 heavy (non-hydrogen) atoms. The van der Waals surface area contributed by atoms with Gasteiger partial charge in [0.05, 0.1) is 17.9 Å². The number of aliphatic carboxylic acids is 1. The van der Waals surface area contributed by atoms with E-state index in [4.69, 9.17) is 4.74 Å². The molecule has 7 rings (SSSR count). The number of carboxylic acid groups (broad SMARTS) is 1. The van der Waals surface area contributed by atoms with Gasteiger partial charge in [0.25, 0.3) is 5.91 Å². The zero-order valence-corrected chi connectivity index (χ0v) is 25.6. The van der Waals surface area contributed by atoms with Gasteiger partial charge in [-0.15, -0.1) is 10.2 Å². The lowest BCUT2D eigenvalue weighted by Crippen LogP contribution is -2.50. The van der Waals surface area contributed by atoms with Gasteiger partial charge in [-0.1, -0.05) is 53.0 Å². The van der Waals surface area contributed by atoms with Gasteiger partial charge in [0.1, 0.15) is 12.4 Å². The molecule has 4 heterocycles. The lowest BCUT2D eigenvalue weighted by molar-refractivity contribution is -0.153. The van der Waals surface area contributed by atoms with Crippen molar-refractivity contribution in [2.75, 3.05) is 13.1 Å². The van der Waals surface area contributed by atoms with Crippen LogP contribution in [-0.4, -0.2) is 60.4 Å². The summed E-state index contributed by atoms with van der Waals surface area (Å²) in [5, 5.41) is 18.5. The molecule has 1 aliphatic carbocycles. The molecule has 1 N–H and O–H groups in total. The number of benzene rings is 2. The third kappa shape index (κ3) is 5.02. The molecule has 10 nitrogen and oxygen atoms in total. The maximum absolute atomic E-state index is 14.3. The fourth-order valence-electron chi connectivity index (χ4n) is 7.10. The van der Waals surface area contributed by atoms with E-state index in [2.05, 4.69) is 26.1 Å². The third-order valence-corrected chi connectivity index (χ3v) is 10.0. The smallest absolute Gasteiger partial charge is 0.307 e. The van der Waals surface area contributed by atoms with E-state index in [1.807, 2.05) is 70.1 Å². The summed E-state index contributed by atoms with van der Waals surface area (Å²) in [6.07, 6.45) is 5.11. The Morgan fingerprint density at radius 3 is 2.61 bits per heavy atom. The van der Waals surface area contributed by atoms with Crippen molar-refractivity contribution in [3.63, 3.8) is 0 Å². The number of hydrogen-bond donors (Lipinski definition) is 1. The number of amides is 2. The predicted molar refractivity (Wildman–Crippen MR) is 164 cm³/mol. The number of rotatable bonds is 7. The van der Waals surface area contributed by atoms with Crippen molar-refractivity contribution >= 4 is 39.4 Å². The maximum Gasteiger partial charge on any atom is 0.307 e. The largest absolute Gasteiger partial charge is 0.485 e. The first-order valence-corrected chi connectivity index (χ1v) is 15.8. The average molecular weight is 659 g/mol. The maximum atomic E-state index is 14.3. The van der Waals surface area contributed by atoms with Gasteiger partial charge in [-0.2, -0.15) is 0 Å². The monoisotopic (exact) mass is 657 g/mol. The van der Waals surface area contributed by atoms with Gasteiger partial charge in [0.2, 0.25) is 5.91 Å². The van der Waals surface area contributed by atoms with Gasteiger partial charge >= 0.3 is 5.97 Å². The molecule has 0 saturated heterocycles.